The van der Waals surface area contributed by atoms with Gasteiger partial charge in [-0.25, -0.2) is 8.42 Å². The highest BCUT2D eigenvalue weighted by molar-refractivity contribution is 7.90. The van der Waals surface area contributed by atoms with Crippen LogP contribution in [-0.2, 0) is 15.6 Å². The molecule has 2 heterocycles. The van der Waals surface area contributed by atoms with Crippen molar-refractivity contribution in [3.8, 4) is 0 Å². The largest absolute Gasteiger partial charge is 0.360 e. The van der Waals surface area contributed by atoms with Gasteiger partial charge >= 0.3 is 0 Å². The topological polar surface area (TPSA) is 99.1 Å². The lowest BCUT2D eigenvalue weighted by Crippen LogP contribution is -2.13. The van der Waals surface area contributed by atoms with E-state index in [1.807, 2.05) is 0 Å². The molecule has 2 rings (SSSR count). The van der Waals surface area contributed by atoms with Crippen LogP contribution in [0, 0.1) is 13.8 Å². The van der Waals surface area contributed by atoms with Crippen molar-refractivity contribution in [1.29, 1.82) is 0 Å². The van der Waals surface area contributed by atoms with Crippen LogP contribution in [0.4, 0.5) is 0 Å². The van der Waals surface area contributed by atoms with Gasteiger partial charge in [0.1, 0.15) is 11.0 Å². The van der Waals surface area contributed by atoms with E-state index in [0.29, 0.717) is 17.3 Å². The van der Waals surface area contributed by atoms with Crippen molar-refractivity contribution in [2.24, 2.45) is 0 Å². The van der Waals surface area contributed by atoms with Gasteiger partial charge in [0, 0.05) is 6.07 Å². The smallest absolute Gasteiger partial charge is 0.244 e. The molecular weight excluding hydrogens is 258 g/mol. The first-order chi connectivity index (χ1) is 8.38. The zero-order chi connectivity index (χ0) is 13.3. The summed E-state index contributed by atoms with van der Waals surface area (Å²) in [4.78, 5) is 3.92. The summed E-state index contributed by atoms with van der Waals surface area (Å²) in [5.41, 5.74) is 0.640. The third-order valence-corrected chi connectivity index (χ3v) is 4.42. The maximum absolute atomic E-state index is 12.1. The van der Waals surface area contributed by atoms with Crippen LogP contribution in [0.15, 0.2) is 15.1 Å². The maximum Gasteiger partial charge on any atom is 0.244 e. The molecule has 1 atom stereocenters. The highest BCUT2D eigenvalue weighted by Crippen LogP contribution is 2.24. The monoisotopic (exact) mass is 271 g/mol. The molecule has 8 heteroatoms. The second-order valence-corrected chi connectivity index (χ2v) is 6.39. The Balaban J connectivity index is 2.20. The van der Waals surface area contributed by atoms with Crippen molar-refractivity contribution in [2.45, 2.75) is 31.8 Å². The molecule has 18 heavy (non-hydrogen) atoms. The van der Waals surface area contributed by atoms with Crippen LogP contribution in [0.2, 0.25) is 0 Å². The normalized spacial score (nSPS) is 13.7. The molecule has 0 aliphatic heterocycles. The van der Waals surface area contributed by atoms with E-state index in [1.165, 1.54) is 6.92 Å². The van der Waals surface area contributed by atoms with Gasteiger partial charge in [0.25, 0.3) is 0 Å². The lowest BCUT2D eigenvalue weighted by atomic mass is 10.4. The number of hydrogen-bond donors (Lipinski definition) is 0. The van der Waals surface area contributed by atoms with Gasteiger partial charge in [0.2, 0.25) is 5.89 Å². The second kappa shape index (κ2) is 4.52. The number of nitrogens with zero attached hydrogens (tertiary/aromatic N) is 3. The third kappa shape index (κ3) is 2.58. The van der Waals surface area contributed by atoms with Gasteiger partial charge < -0.3 is 9.05 Å². The molecular formula is C10H13N3O4S. The molecule has 0 radical (unpaired) electrons. The van der Waals surface area contributed by atoms with Crippen LogP contribution in [-0.4, -0.2) is 23.7 Å². The Bertz CT molecular complexity index is 644. The van der Waals surface area contributed by atoms with E-state index >= 15 is 0 Å². The number of hydrogen-bond acceptors (Lipinski definition) is 7. The molecule has 98 valence electrons. The Hall–Kier alpha value is -1.70. The van der Waals surface area contributed by atoms with Crippen molar-refractivity contribution < 1.29 is 17.5 Å². The summed E-state index contributed by atoms with van der Waals surface area (Å²) < 4.78 is 34.0. The minimum Gasteiger partial charge on any atom is -0.360 e. The first-order valence-corrected chi connectivity index (χ1v) is 7.04. The summed E-state index contributed by atoms with van der Waals surface area (Å²) in [5, 5.41) is 6.35. The highest BCUT2D eigenvalue weighted by atomic mass is 32.2. The van der Waals surface area contributed by atoms with Crippen LogP contribution in [0.1, 0.15) is 35.3 Å². The molecule has 0 bridgehead atoms. The van der Waals surface area contributed by atoms with Gasteiger partial charge in [-0.2, -0.15) is 4.98 Å². The van der Waals surface area contributed by atoms with Crippen LogP contribution in [0.25, 0.3) is 0 Å². The molecule has 2 aromatic rings. The molecule has 0 N–H and O–H groups in total. The molecule has 0 fully saturated rings. The summed E-state index contributed by atoms with van der Waals surface area (Å²) in [7, 11) is -3.47. The molecule has 0 aliphatic carbocycles. The van der Waals surface area contributed by atoms with E-state index < -0.39 is 15.1 Å². The summed E-state index contributed by atoms with van der Waals surface area (Å²) in [5.74, 6) is 0.554. The molecule has 0 saturated heterocycles. The van der Waals surface area contributed by atoms with E-state index in [9.17, 15) is 8.42 Å². The Morgan fingerprint density at radius 1 is 1.28 bits per heavy atom. The minimum atomic E-state index is -3.47. The highest BCUT2D eigenvalue weighted by Gasteiger charge is 2.29. The van der Waals surface area contributed by atoms with Gasteiger partial charge in [0.05, 0.1) is 5.69 Å². The fourth-order valence-corrected chi connectivity index (χ4v) is 2.63. The fourth-order valence-electron chi connectivity index (χ4n) is 1.44. The summed E-state index contributed by atoms with van der Waals surface area (Å²) in [6.45, 7) is 4.86. The van der Waals surface area contributed by atoms with E-state index in [0.717, 1.165) is 0 Å². The van der Waals surface area contributed by atoms with Crippen LogP contribution in [0.5, 0.6) is 0 Å². The molecule has 0 aliphatic rings. The SMILES string of the molecule is Cc1cc(CS(=O)(=O)[C@@H](C)c2nc(C)no2)on1. The maximum atomic E-state index is 12.1. The van der Waals surface area contributed by atoms with Crippen LogP contribution in [0.3, 0.4) is 0 Å². The zero-order valence-electron chi connectivity index (χ0n) is 10.2. The number of aryl methyl sites for hydroxylation is 2. The van der Waals surface area contributed by atoms with E-state index in [4.69, 9.17) is 9.05 Å². The average Bonchev–Trinajstić information content (AvgIpc) is 2.86. The van der Waals surface area contributed by atoms with Crippen molar-refractivity contribution in [3.63, 3.8) is 0 Å². The quantitative estimate of drug-likeness (QED) is 0.827. The summed E-state index contributed by atoms with van der Waals surface area (Å²) in [6, 6.07) is 1.59. The van der Waals surface area contributed by atoms with Crippen molar-refractivity contribution in [1.82, 2.24) is 15.3 Å². The first kappa shape index (κ1) is 12.7. The van der Waals surface area contributed by atoms with Gasteiger partial charge in [-0.3, -0.25) is 0 Å². The molecule has 7 nitrogen and oxygen atoms in total. The van der Waals surface area contributed by atoms with E-state index in [1.54, 1.807) is 19.9 Å². The molecule has 0 aromatic carbocycles. The van der Waals surface area contributed by atoms with Crippen LogP contribution < -0.4 is 0 Å². The van der Waals surface area contributed by atoms with Crippen molar-refractivity contribution in [3.05, 3.63) is 29.2 Å². The second-order valence-electron chi connectivity index (χ2n) is 4.06. The van der Waals surface area contributed by atoms with Crippen molar-refractivity contribution in [2.75, 3.05) is 0 Å². The Morgan fingerprint density at radius 2 is 2.00 bits per heavy atom. The van der Waals surface area contributed by atoms with E-state index in [2.05, 4.69) is 15.3 Å². The molecule has 2 aromatic heterocycles. The lowest BCUT2D eigenvalue weighted by Gasteiger charge is -2.06. The summed E-state index contributed by atoms with van der Waals surface area (Å²) >= 11 is 0. The predicted octanol–water partition coefficient (Wildman–Crippen LogP) is 1.35. The predicted molar refractivity (Wildman–Crippen MR) is 61.3 cm³/mol. The Labute approximate surface area is 104 Å². The first-order valence-electron chi connectivity index (χ1n) is 5.32. The van der Waals surface area contributed by atoms with Gasteiger partial charge in [0.15, 0.2) is 21.4 Å². The number of aromatic nitrogens is 3. The standard InChI is InChI=1S/C10H13N3O4S/c1-6-4-9(16-12-6)5-18(14,15)7(2)10-11-8(3)13-17-10/h4,7H,5H2,1-3H3/t7-/m0/s1. The molecule has 0 spiro atoms. The fraction of sp³-hybridized carbons (Fsp3) is 0.500. The Kier molecular flexibility index (Phi) is 3.20. The number of sulfone groups is 1. The molecule has 0 saturated carbocycles. The Morgan fingerprint density at radius 3 is 2.50 bits per heavy atom. The zero-order valence-corrected chi connectivity index (χ0v) is 11.1. The van der Waals surface area contributed by atoms with Crippen LogP contribution >= 0.6 is 0 Å². The van der Waals surface area contributed by atoms with Gasteiger partial charge in [-0.1, -0.05) is 10.3 Å². The molecule has 0 unspecified atom stereocenters. The number of rotatable bonds is 4. The third-order valence-electron chi connectivity index (χ3n) is 2.45. The molecule has 0 amide bonds. The average molecular weight is 271 g/mol. The van der Waals surface area contributed by atoms with Gasteiger partial charge in [-0.05, 0) is 20.8 Å². The van der Waals surface area contributed by atoms with Crippen molar-refractivity contribution >= 4 is 9.84 Å². The van der Waals surface area contributed by atoms with Gasteiger partial charge in [-0.15, -0.1) is 0 Å². The summed E-state index contributed by atoms with van der Waals surface area (Å²) in [6.07, 6.45) is 0. The lowest BCUT2D eigenvalue weighted by molar-refractivity contribution is 0.370. The van der Waals surface area contributed by atoms with E-state index in [-0.39, 0.29) is 11.6 Å². The minimum absolute atomic E-state index is 0.0868.